The van der Waals surface area contributed by atoms with Crippen molar-refractivity contribution in [2.45, 2.75) is 32.7 Å². The smallest absolute Gasteiger partial charge is 0.261 e. The molecule has 1 aliphatic rings. The zero-order chi connectivity index (χ0) is 18.9. The Bertz CT molecular complexity index is 862. The molecule has 0 unspecified atom stereocenters. The fourth-order valence-electron chi connectivity index (χ4n) is 3.28. The van der Waals surface area contributed by atoms with E-state index in [9.17, 15) is 8.42 Å². The van der Waals surface area contributed by atoms with E-state index >= 15 is 0 Å². The van der Waals surface area contributed by atoms with Crippen LogP contribution >= 0.6 is 0 Å². The molecule has 142 valence electrons. The van der Waals surface area contributed by atoms with Crippen LogP contribution in [0.3, 0.4) is 0 Å². The van der Waals surface area contributed by atoms with Gasteiger partial charge in [0.1, 0.15) is 6.33 Å². The third kappa shape index (κ3) is 3.79. The van der Waals surface area contributed by atoms with E-state index in [-0.39, 0.29) is 12.0 Å². The summed E-state index contributed by atoms with van der Waals surface area (Å²) in [5, 5.41) is 4.36. The minimum atomic E-state index is -3.34. The zero-order valence-electron chi connectivity index (χ0n) is 15.7. The second kappa shape index (κ2) is 7.42. The van der Waals surface area contributed by atoms with Crippen LogP contribution in [0.25, 0.3) is 11.4 Å². The van der Waals surface area contributed by atoms with Gasteiger partial charge in [-0.25, -0.2) is 9.97 Å². The van der Waals surface area contributed by atoms with Gasteiger partial charge in [0.05, 0.1) is 11.4 Å². The lowest BCUT2D eigenvalue weighted by molar-refractivity contribution is 0.409. The van der Waals surface area contributed by atoms with E-state index in [1.54, 1.807) is 30.9 Å². The van der Waals surface area contributed by atoms with Crippen LogP contribution in [-0.2, 0) is 16.6 Å². The van der Waals surface area contributed by atoms with Crippen LogP contribution in [0.1, 0.15) is 32.0 Å². The van der Waals surface area contributed by atoms with E-state index in [0.29, 0.717) is 13.1 Å². The molecule has 0 radical (unpaired) electrons. The molecular weight excluding hydrogens is 352 g/mol. The van der Waals surface area contributed by atoms with Gasteiger partial charge in [-0.3, -0.25) is 4.68 Å². The minimum Gasteiger partial charge on any atom is -0.261 e. The number of nitrogens with zero attached hydrogens (tertiary/aromatic N) is 6. The number of hydrogen-bond acceptors (Lipinski definition) is 5. The largest absolute Gasteiger partial charge is 0.281 e. The molecule has 3 rings (SSSR count). The first-order valence-electron chi connectivity index (χ1n) is 8.81. The van der Waals surface area contributed by atoms with Crippen LogP contribution in [0.2, 0.25) is 0 Å². The first kappa shape index (κ1) is 18.9. The minimum absolute atomic E-state index is 0.248. The molecule has 1 saturated heterocycles. The summed E-state index contributed by atoms with van der Waals surface area (Å²) in [6, 6.07) is 4.18. The maximum Gasteiger partial charge on any atom is 0.281 e. The Hall–Kier alpha value is -1.84. The average molecular weight is 379 g/mol. The van der Waals surface area contributed by atoms with Gasteiger partial charge in [-0.15, -0.1) is 0 Å². The van der Waals surface area contributed by atoms with Crippen molar-refractivity contribution in [1.29, 1.82) is 0 Å². The van der Waals surface area contributed by atoms with Crippen molar-refractivity contribution in [3.05, 3.63) is 30.4 Å². The first-order valence-corrected chi connectivity index (χ1v) is 10.2. The highest BCUT2D eigenvalue weighted by Gasteiger charge is 2.32. The molecule has 1 atom stereocenters. The van der Waals surface area contributed by atoms with Crippen molar-refractivity contribution in [2.24, 2.45) is 5.92 Å². The molecule has 2 aromatic heterocycles. The van der Waals surface area contributed by atoms with Crippen molar-refractivity contribution in [2.75, 3.05) is 27.2 Å². The molecule has 0 bridgehead atoms. The van der Waals surface area contributed by atoms with Crippen LogP contribution in [0, 0.1) is 5.92 Å². The molecule has 0 saturated carbocycles. The van der Waals surface area contributed by atoms with E-state index in [0.717, 1.165) is 29.9 Å². The molecule has 9 heteroatoms. The highest BCUT2D eigenvalue weighted by Crippen LogP contribution is 2.25. The molecule has 0 N–H and O–H groups in total. The van der Waals surface area contributed by atoms with Crippen molar-refractivity contribution >= 4 is 10.2 Å². The maximum atomic E-state index is 12.3. The van der Waals surface area contributed by atoms with Crippen molar-refractivity contribution in [3.63, 3.8) is 0 Å². The standard InChI is InChI=1S/C17H26N6O2S/c1-13(2)23-17(5-7-20-23)16-10-15(18-12-19-16)9-14-6-8-22(11-14)26(24,25)21(3)4/h5,7,10,12-14H,6,8-9,11H2,1-4H3/t14-/m1/s1. The molecule has 1 fully saturated rings. The molecule has 0 aliphatic carbocycles. The third-order valence-electron chi connectivity index (χ3n) is 4.68. The molecule has 26 heavy (non-hydrogen) atoms. The lowest BCUT2D eigenvalue weighted by Gasteiger charge is -2.20. The summed E-state index contributed by atoms with van der Waals surface area (Å²) in [5.74, 6) is 0.266. The summed E-state index contributed by atoms with van der Waals surface area (Å²) in [6.45, 7) is 5.25. The van der Waals surface area contributed by atoms with Gasteiger partial charge >= 0.3 is 0 Å². The second-order valence-electron chi connectivity index (χ2n) is 7.16. The van der Waals surface area contributed by atoms with E-state index in [2.05, 4.69) is 28.9 Å². The van der Waals surface area contributed by atoms with Gasteiger partial charge in [0.2, 0.25) is 0 Å². The quantitative estimate of drug-likeness (QED) is 0.762. The zero-order valence-corrected chi connectivity index (χ0v) is 16.5. The summed E-state index contributed by atoms with van der Waals surface area (Å²) in [4.78, 5) is 8.78. The van der Waals surface area contributed by atoms with Gasteiger partial charge in [0, 0.05) is 45.1 Å². The summed E-state index contributed by atoms with van der Waals surface area (Å²) in [5.41, 5.74) is 2.74. The van der Waals surface area contributed by atoms with Crippen LogP contribution in [0.4, 0.5) is 0 Å². The van der Waals surface area contributed by atoms with Crippen molar-refractivity contribution in [3.8, 4) is 11.4 Å². The summed E-state index contributed by atoms with van der Waals surface area (Å²) in [6.07, 6.45) is 4.94. The Morgan fingerprint density at radius 3 is 2.77 bits per heavy atom. The molecular formula is C17H26N6O2S. The maximum absolute atomic E-state index is 12.3. The summed E-state index contributed by atoms with van der Waals surface area (Å²) < 4.78 is 29.3. The normalized spacial score (nSPS) is 18.9. The average Bonchev–Trinajstić information content (AvgIpc) is 3.24. The molecule has 0 spiro atoms. The Morgan fingerprint density at radius 1 is 1.31 bits per heavy atom. The number of rotatable bonds is 6. The van der Waals surface area contributed by atoms with Crippen molar-refractivity contribution in [1.82, 2.24) is 28.4 Å². The summed E-state index contributed by atoms with van der Waals surface area (Å²) >= 11 is 0. The van der Waals surface area contributed by atoms with Gasteiger partial charge in [0.25, 0.3) is 10.2 Å². The van der Waals surface area contributed by atoms with Crippen LogP contribution in [0.5, 0.6) is 0 Å². The fraction of sp³-hybridized carbons (Fsp3) is 0.588. The third-order valence-corrected chi connectivity index (χ3v) is 6.59. The summed E-state index contributed by atoms with van der Waals surface area (Å²) in [7, 11) is -0.205. The van der Waals surface area contributed by atoms with Crippen LogP contribution < -0.4 is 0 Å². The predicted octanol–water partition coefficient (Wildman–Crippen LogP) is 1.59. The molecule has 1 aliphatic heterocycles. The van der Waals surface area contributed by atoms with Crippen LogP contribution in [0.15, 0.2) is 24.7 Å². The van der Waals surface area contributed by atoms with Gasteiger partial charge in [0.15, 0.2) is 0 Å². The van der Waals surface area contributed by atoms with Gasteiger partial charge < -0.3 is 0 Å². The van der Waals surface area contributed by atoms with Crippen LogP contribution in [-0.4, -0.2) is 64.0 Å². The molecule has 8 nitrogen and oxygen atoms in total. The highest BCUT2D eigenvalue weighted by molar-refractivity contribution is 7.86. The monoisotopic (exact) mass is 378 g/mol. The van der Waals surface area contributed by atoms with E-state index in [4.69, 9.17) is 0 Å². The second-order valence-corrected chi connectivity index (χ2v) is 9.30. The van der Waals surface area contributed by atoms with E-state index < -0.39 is 10.2 Å². The predicted molar refractivity (Wildman–Crippen MR) is 99.6 cm³/mol. The number of hydrogen-bond donors (Lipinski definition) is 0. The number of aromatic nitrogens is 4. The van der Waals surface area contributed by atoms with Crippen molar-refractivity contribution < 1.29 is 8.42 Å². The highest BCUT2D eigenvalue weighted by atomic mass is 32.2. The topological polar surface area (TPSA) is 84.2 Å². The molecule has 0 aromatic carbocycles. The molecule has 3 heterocycles. The van der Waals surface area contributed by atoms with Gasteiger partial charge in [-0.1, -0.05) is 0 Å². The SMILES string of the molecule is CC(C)n1nccc1-c1cc(C[C@H]2CCN(S(=O)(=O)N(C)C)C2)ncn1. The lowest BCUT2D eigenvalue weighted by atomic mass is 10.0. The van der Waals surface area contributed by atoms with E-state index in [1.807, 2.05) is 16.8 Å². The molecule has 0 amide bonds. The molecule has 2 aromatic rings. The fourth-order valence-corrected chi connectivity index (χ4v) is 4.48. The Morgan fingerprint density at radius 2 is 2.08 bits per heavy atom. The van der Waals surface area contributed by atoms with Gasteiger partial charge in [-0.05, 0) is 44.7 Å². The Kier molecular flexibility index (Phi) is 5.40. The Labute approximate surface area is 155 Å². The van der Waals surface area contributed by atoms with Gasteiger partial charge in [-0.2, -0.15) is 22.1 Å². The lowest BCUT2D eigenvalue weighted by Crippen LogP contribution is -2.38. The van der Waals surface area contributed by atoms with E-state index in [1.165, 1.54) is 4.31 Å². The first-order chi connectivity index (χ1) is 12.3. The Balaban J connectivity index is 1.73.